The summed E-state index contributed by atoms with van der Waals surface area (Å²) in [6.45, 7) is 2.13. The van der Waals surface area contributed by atoms with Gasteiger partial charge < -0.3 is 4.42 Å². The van der Waals surface area contributed by atoms with Crippen molar-refractivity contribution in [3.8, 4) is 22.4 Å². The highest BCUT2D eigenvalue weighted by Crippen LogP contribution is 2.39. The summed E-state index contributed by atoms with van der Waals surface area (Å²) in [7, 11) is 0. The Morgan fingerprint density at radius 3 is 2.47 bits per heavy atom. The fraction of sp³-hybridized carbons (Fsp3) is 0.233. The molecule has 0 N–H and O–H groups in total. The minimum absolute atomic E-state index is 0.678. The normalized spacial score (nSPS) is 14.9. The average Bonchev–Trinajstić information content (AvgIpc) is 3.22. The lowest BCUT2D eigenvalue weighted by atomic mass is 9.84. The second kappa shape index (κ2) is 7.94. The van der Waals surface area contributed by atoms with E-state index in [-0.39, 0.29) is 0 Å². The lowest BCUT2D eigenvalue weighted by Crippen LogP contribution is -2.04. The Balaban J connectivity index is 1.47. The van der Waals surface area contributed by atoms with Crippen LogP contribution in [0, 0.1) is 6.92 Å². The summed E-state index contributed by atoms with van der Waals surface area (Å²) < 4.78 is 6.38. The maximum atomic E-state index is 6.38. The molecule has 1 saturated carbocycles. The average molecular weight is 418 g/mol. The second-order valence-electron chi connectivity index (χ2n) is 9.17. The van der Waals surface area contributed by atoms with E-state index >= 15 is 0 Å². The summed E-state index contributed by atoms with van der Waals surface area (Å²) >= 11 is 0. The Morgan fingerprint density at radius 2 is 1.62 bits per heavy atom. The molecule has 0 aliphatic heterocycles. The van der Waals surface area contributed by atoms with E-state index < -0.39 is 0 Å². The van der Waals surface area contributed by atoms with E-state index in [9.17, 15) is 0 Å². The van der Waals surface area contributed by atoms with E-state index in [4.69, 9.17) is 9.40 Å². The highest BCUT2D eigenvalue weighted by atomic mass is 16.3. The highest BCUT2D eigenvalue weighted by molar-refractivity contribution is 6.13. The topological polar surface area (TPSA) is 26.0 Å². The molecular weight excluding hydrogens is 390 g/mol. The SMILES string of the molecule is Cc1cc(-c2ccccc2)c2c(c1)oc1cc(-c3cc(C4CCCCC4)ccn3)ccc12. The molecule has 32 heavy (non-hydrogen) atoms. The monoisotopic (exact) mass is 417 g/mol. The molecule has 5 aromatic rings. The quantitative estimate of drug-likeness (QED) is 0.293. The zero-order chi connectivity index (χ0) is 21.5. The summed E-state index contributed by atoms with van der Waals surface area (Å²) in [5.41, 5.74) is 9.10. The molecule has 0 bridgehead atoms. The summed E-state index contributed by atoms with van der Waals surface area (Å²) in [4.78, 5) is 4.70. The van der Waals surface area contributed by atoms with Crippen molar-refractivity contribution < 1.29 is 4.42 Å². The van der Waals surface area contributed by atoms with E-state index in [0.29, 0.717) is 5.92 Å². The molecule has 2 aromatic heterocycles. The van der Waals surface area contributed by atoms with Crippen molar-refractivity contribution in [1.82, 2.24) is 4.98 Å². The summed E-state index contributed by atoms with van der Waals surface area (Å²) in [6, 6.07) is 26.0. The molecule has 158 valence electrons. The van der Waals surface area contributed by atoms with Crippen LogP contribution in [0.1, 0.15) is 49.1 Å². The van der Waals surface area contributed by atoms with Crippen molar-refractivity contribution in [2.24, 2.45) is 0 Å². The minimum Gasteiger partial charge on any atom is -0.456 e. The first-order valence-electron chi connectivity index (χ1n) is 11.7. The van der Waals surface area contributed by atoms with E-state index in [1.165, 1.54) is 59.7 Å². The van der Waals surface area contributed by atoms with Gasteiger partial charge in [0.05, 0.1) is 5.69 Å². The lowest BCUT2D eigenvalue weighted by Gasteiger charge is -2.22. The molecule has 0 radical (unpaired) electrons. The van der Waals surface area contributed by atoms with E-state index in [2.05, 4.69) is 79.7 Å². The van der Waals surface area contributed by atoms with Crippen molar-refractivity contribution in [3.05, 3.63) is 90.1 Å². The Morgan fingerprint density at radius 1 is 0.781 bits per heavy atom. The molecular formula is C30H27NO. The molecule has 2 nitrogen and oxygen atoms in total. The summed E-state index contributed by atoms with van der Waals surface area (Å²) in [6.07, 6.45) is 8.63. The number of hydrogen-bond acceptors (Lipinski definition) is 2. The fourth-order valence-electron chi connectivity index (χ4n) is 5.34. The third kappa shape index (κ3) is 3.40. The number of hydrogen-bond donors (Lipinski definition) is 0. The van der Waals surface area contributed by atoms with E-state index in [1.807, 2.05) is 6.20 Å². The number of rotatable bonds is 3. The van der Waals surface area contributed by atoms with Crippen molar-refractivity contribution in [2.45, 2.75) is 44.9 Å². The van der Waals surface area contributed by atoms with Gasteiger partial charge in [-0.2, -0.15) is 0 Å². The Hall–Kier alpha value is -3.39. The van der Waals surface area contributed by atoms with Gasteiger partial charge in [-0.15, -0.1) is 0 Å². The predicted molar refractivity (Wildman–Crippen MR) is 133 cm³/mol. The Bertz CT molecular complexity index is 1410. The highest BCUT2D eigenvalue weighted by Gasteiger charge is 2.17. The maximum Gasteiger partial charge on any atom is 0.136 e. The van der Waals surface area contributed by atoms with Crippen molar-refractivity contribution in [2.75, 3.05) is 0 Å². The van der Waals surface area contributed by atoms with Crippen molar-refractivity contribution >= 4 is 21.9 Å². The van der Waals surface area contributed by atoms with Crippen LogP contribution < -0.4 is 0 Å². The largest absolute Gasteiger partial charge is 0.456 e. The number of aromatic nitrogens is 1. The Labute approximate surface area is 188 Å². The molecule has 0 atom stereocenters. The number of furan rings is 1. The van der Waals surface area contributed by atoms with Gasteiger partial charge in [0.15, 0.2) is 0 Å². The van der Waals surface area contributed by atoms with Gasteiger partial charge in [-0.3, -0.25) is 4.98 Å². The lowest BCUT2D eigenvalue weighted by molar-refractivity contribution is 0.443. The summed E-state index contributed by atoms with van der Waals surface area (Å²) in [5, 5.41) is 2.35. The number of benzene rings is 3. The number of pyridine rings is 1. The van der Waals surface area contributed by atoms with E-state index in [0.717, 1.165) is 27.8 Å². The van der Waals surface area contributed by atoms with Crippen LogP contribution in [-0.2, 0) is 0 Å². The molecule has 3 aromatic carbocycles. The van der Waals surface area contributed by atoms with Crippen LogP contribution in [0.4, 0.5) is 0 Å². The first-order chi connectivity index (χ1) is 15.8. The van der Waals surface area contributed by atoms with Gasteiger partial charge in [-0.1, -0.05) is 61.7 Å². The molecule has 2 heterocycles. The van der Waals surface area contributed by atoms with Crippen molar-refractivity contribution in [1.29, 1.82) is 0 Å². The van der Waals surface area contributed by atoms with Crippen LogP contribution in [-0.4, -0.2) is 4.98 Å². The molecule has 0 saturated heterocycles. The van der Waals surface area contributed by atoms with Crippen LogP contribution in [0.3, 0.4) is 0 Å². The van der Waals surface area contributed by atoms with Crippen LogP contribution in [0.15, 0.2) is 83.4 Å². The van der Waals surface area contributed by atoms with Crippen LogP contribution in [0.5, 0.6) is 0 Å². The van der Waals surface area contributed by atoms with Gasteiger partial charge in [-0.25, -0.2) is 0 Å². The van der Waals surface area contributed by atoms with Gasteiger partial charge >= 0.3 is 0 Å². The molecule has 2 heteroatoms. The van der Waals surface area contributed by atoms with Gasteiger partial charge in [0, 0.05) is 22.5 Å². The predicted octanol–water partition coefficient (Wildman–Crippen LogP) is 8.67. The van der Waals surface area contributed by atoms with Gasteiger partial charge in [0.1, 0.15) is 11.2 Å². The maximum absolute atomic E-state index is 6.38. The second-order valence-corrected chi connectivity index (χ2v) is 9.17. The zero-order valence-corrected chi connectivity index (χ0v) is 18.5. The first-order valence-corrected chi connectivity index (χ1v) is 11.7. The van der Waals surface area contributed by atoms with Crippen LogP contribution in [0.2, 0.25) is 0 Å². The van der Waals surface area contributed by atoms with Crippen molar-refractivity contribution in [3.63, 3.8) is 0 Å². The fourth-order valence-corrected chi connectivity index (χ4v) is 5.34. The Kier molecular flexibility index (Phi) is 4.79. The third-order valence-electron chi connectivity index (χ3n) is 6.96. The number of nitrogens with zero attached hydrogens (tertiary/aromatic N) is 1. The van der Waals surface area contributed by atoms with E-state index in [1.54, 1.807) is 0 Å². The first kappa shape index (κ1) is 19.3. The van der Waals surface area contributed by atoms with Gasteiger partial charge in [-0.05, 0) is 78.3 Å². The molecule has 0 unspecified atom stereocenters. The smallest absolute Gasteiger partial charge is 0.136 e. The molecule has 1 fully saturated rings. The van der Waals surface area contributed by atoms with Gasteiger partial charge in [0.25, 0.3) is 0 Å². The van der Waals surface area contributed by atoms with Crippen LogP contribution in [0.25, 0.3) is 44.3 Å². The number of fused-ring (bicyclic) bond motifs is 3. The standard InChI is InChI=1S/C30H27NO/c1-20-16-26(22-10-6-3-7-11-22)30-25-13-12-24(19-28(25)32-29(30)17-20)27-18-23(14-15-31-27)21-8-4-2-5-9-21/h3,6-7,10-19,21H,2,4-5,8-9H2,1H3. The zero-order valence-electron chi connectivity index (χ0n) is 18.5. The molecule has 0 spiro atoms. The molecule has 0 amide bonds. The van der Waals surface area contributed by atoms with Crippen LogP contribution >= 0.6 is 0 Å². The summed E-state index contributed by atoms with van der Waals surface area (Å²) in [5.74, 6) is 0.678. The third-order valence-corrected chi connectivity index (χ3v) is 6.96. The number of aryl methyl sites for hydroxylation is 1. The van der Waals surface area contributed by atoms with Gasteiger partial charge in [0.2, 0.25) is 0 Å². The molecule has 1 aliphatic rings. The minimum atomic E-state index is 0.678. The molecule has 1 aliphatic carbocycles. The molecule has 6 rings (SSSR count).